The predicted molar refractivity (Wildman–Crippen MR) is 122 cm³/mol. The number of benzene rings is 3. The van der Waals surface area contributed by atoms with E-state index in [1.54, 1.807) is 48.5 Å². The lowest BCUT2D eigenvalue weighted by atomic mass is 10.2. The van der Waals surface area contributed by atoms with Gasteiger partial charge in [-0.2, -0.15) is 0 Å². The monoisotopic (exact) mass is 424 g/mol. The molecule has 31 heavy (non-hydrogen) atoms. The first-order chi connectivity index (χ1) is 15.0. The summed E-state index contributed by atoms with van der Waals surface area (Å²) in [6, 6.07) is 15.2. The van der Waals surface area contributed by atoms with Crippen LogP contribution in [0.25, 0.3) is 0 Å². The number of aromatic hydroxyl groups is 3. The van der Waals surface area contributed by atoms with Crippen LogP contribution in [-0.4, -0.2) is 28.5 Å². The minimum Gasteiger partial charge on any atom is -0.506 e. The molecule has 3 aromatic rings. The second-order valence-corrected chi connectivity index (χ2v) is 6.95. The molecule has 0 saturated carbocycles. The van der Waals surface area contributed by atoms with Gasteiger partial charge in [-0.3, -0.25) is 0 Å². The maximum absolute atomic E-state index is 10.6. The summed E-state index contributed by atoms with van der Waals surface area (Å²) in [6.07, 6.45) is 1.64. The molecule has 0 saturated heterocycles. The summed E-state index contributed by atoms with van der Waals surface area (Å²) >= 11 is 0. The van der Waals surface area contributed by atoms with E-state index in [4.69, 9.17) is 9.47 Å². The average molecular weight is 424 g/mol. The van der Waals surface area contributed by atoms with Gasteiger partial charge >= 0.3 is 0 Å². The first-order valence-corrected chi connectivity index (χ1v) is 10.3. The molecule has 0 spiro atoms. The van der Waals surface area contributed by atoms with Gasteiger partial charge in [-0.05, 0) is 49.2 Å². The van der Waals surface area contributed by atoms with Crippen LogP contribution in [0.3, 0.4) is 0 Å². The third-order valence-electron chi connectivity index (χ3n) is 4.49. The van der Waals surface area contributed by atoms with E-state index in [2.05, 4.69) is 10.6 Å². The van der Waals surface area contributed by atoms with Crippen molar-refractivity contribution in [3.63, 3.8) is 0 Å². The molecule has 5 N–H and O–H groups in total. The van der Waals surface area contributed by atoms with Crippen molar-refractivity contribution in [2.75, 3.05) is 23.8 Å². The summed E-state index contributed by atoms with van der Waals surface area (Å²) in [5, 5.41) is 37.8. The van der Waals surface area contributed by atoms with Gasteiger partial charge in [0.2, 0.25) is 0 Å². The molecule has 0 bridgehead atoms. The fourth-order valence-corrected chi connectivity index (χ4v) is 2.96. The van der Waals surface area contributed by atoms with Crippen molar-refractivity contribution in [3.8, 4) is 28.7 Å². The largest absolute Gasteiger partial charge is 0.506 e. The van der Waals surface area contributed by atoms with Gasteiger partial charge in [0, 0.05) is 0 Å². The molecular formula is C24H28N2O5. The topological polar surface area (TPSA) is 103 Å². The Morgan fingerprint density at radius 1 is 0.645 bits per heavy atom. The van der Waals surface area contributed by atoms with Crippen LogP contribution in [0.2, 0.25) is 0 Å². The number of hydrogen-bond acceptors (Lipinski definition) is 7. The van der Waals surface area contributed by atoms with Crippen LogP contribution < -0.4 is 20.1 Å². The normalized spacial score (nSPS) is 10.5. The summed E-state index contributed by atoms with van der Waals surface area (Å²) in [5.41, 5.74) is 1.64. The van der Waals surface area contributed by atoms with E-state index in [-0.39, 0.29) is 17.2 Å². The fraction of sp³-hybridized carbons (Fsp3) is 0.250. The van der Waals surface area contributed by atoms with E-state index in [9.17, 15) is 15.3 Å². The number of rotatable bonds is 10. The van der Waals surface area contributed by atoms with Gasteiger partial charge < -0.3 is 35.4 Å². The van der Waals surface area contributed by atoms with Crippen molar-refractivity contribution in [2.24, 2.45) is 0 Å². The van der Waals surface area contributed by atoms with Gasteiger partial charge in [0.25, 0.3) is 0 Å². The van der Waals surface area contributed by atoms with E-state index in [0.29, 0.717) is 47.5 Å². The van der Waals surface area contributed by atoms with E-state index in [1.807, 2.05) is 13.8 Å². The Bertz CT molecular complexity index is 1020. The molecule has 0 aliphatic rings. The van der Waals surface area contributed by atoms with Gasteiger partial charge in [-0.15, -0.1) is 0 Å². The number of anilines is 4. The van der Waals surface area contributed by atoms with Crippen LogP contribution in [0.5, 0.6) is 28.7 Å². The molecule has 0 amide bonds. The third kappa shape index (κ3) is 5.25. The van der Waals surface area contributed by atoms with E-state index in [1.165, 1.54) is 6.07 Å². The Morgan fingerprint density at radius 2 is 1.13 bits per heavy atom. The SMILES string of the molecule is CCCOc1cccc(Nc2cccc(O)c2Nc2cccc(OCCC)c2O)c1O. The van der Waals surface area contributed by atoms with Crippen molar-refractivity contribution in [2.45, 2.75) is 26.7 Å². The van der Waals surface area contributed by atoms with Crippen molar-refractivity contribution < 1.29 is 24.8 Å². The van der Waals surface area contributed by atoms with Gasteiger partial charge in [-0.25, -0.2) is 0 Å². The zero-order valence-corrected chi connectivity index (χ0v) is 17.7. The smallest absolute Gasteiger partial charge is 0.181 e. The molecule has 7 heteroatoms. The zero-order chi connectivity index (χ0) is 22.2. The Balaban J connectivity index is 1.91. The molecule has 0 aliphatic heterocycles. The molecule has 0 unspecified atom stereocenters. The molecule has 7 nitrogen and oxygen atoms in total. The lowest BCUT2D eigenvalue weighted by Gasteiger charge is -2.18. The van der Waals surface area contributed by atoms with Crippen LogP contribution in [0, 0.1) is 0 Å². The number of nitrogens with one attached hydrogen (secondary N) is 2. The lowest BCUT2D eigenvalue weighted by molar-refractivity contribution is 0.300. The lowest BCUT2D eigenvalue weighted by Crippen LogP contribution is -2.01. The number of phenols is 3. The van der Waals surface area contributed by atoms with Crippen molar-refractivity contribution in [3.05, 3.63) is 54.6 Å². The molecule has 0 aromatic heterocycles. The maximum Gasteiger partial charge on any atom is 0.181 e. The van der Waals surface area contributed by atoms with Crippen LogP contribution in [0.1, 0.15) is 26.7 Å². The predicted octanol–water partition coefficient (Wildman–Crippen LogP) is 5.87. The van der Waals surface area contributed by atoms with E-state index < -0.39 is 0 Å². The minimum absolute atomic E-state index is 0.0250. The van der Waals surface area contributed by atoms with Gasteiger partial charge in [0.15, 0.2) is 23.0 Å². The molecule has 0 heterocycles. The third-order valence-corrected chi connectivity index (χ3v) is 4.49. The highest BCUT2D eigenvalue weighted by molar-refractivity contribution is 5.86. The number of para-hydroxylation sites is 3. The van der Waals surface area contributed by atoms with Gasteiger partial charge in [-0.1, -0.05) is 32.0 Å². The Hall–Kier alpha value is -3.74. The Kier molecular flexibility index (Phi) is 7.32. The van der Waals surface area contributed by atoms with Gasteiger partial charge in [0.05, 0.1) is 30.3 Å². The minimum atomic E-state index is -0.0528. The molecule has 0 aliphatic carbocycles. The maximum atomic E-state index is 10.6. The standard InChI is InChI=1S/C24H28N2O5/c1-3-14-30-20-12-6-9-17(23(20)28)25-16-8-5-11-19(27)22(16)26-18-10-7-13-21(24(18)29)31-15-4-2/h5-13,25-29H,3-4,14-15H2,1-2H3. The van der Waals surface area contributed by atoms with E-state index in [0.717, 1.165) is 12.8 Å². The molecule has 3 rings (SSSR count). The molecule has 3 aromatic carbocycles. The number of hydrogen-bond donors (Lipinski definition) is 5. The number of ether oxygens (including phenoxy) is 2. The van der Waals surface area contributed by atoms with Crippen LogP contribution in [0.4, 0.5) is 22.7 Å². The van der Waals surface area contributed by atoms with Crippen LogP contribution in [-0.2, 0) is 0 Å². The first-order valence-electron chi connectivity index (χ1n) is 10.3. The second kappa shape index (κ2) is 10.3. The van der Waals surface area contributed by atoms with E-state index >= 15 is 0 Å². The summed E-state index contributed by atoms with van der Waals surface area (Å²) in [4.78, 5) is 0. The van der Waals surface area contributed by atoms with Crippen molar-refractivity contribution >= 4 is 22.7 Å². The molecule has 0 radical (unpaired) electrons. The highest BCUT2D eigenvalue weighted by atomic mass is 16.5. The highest BCUT2D eigenvalue weighted by Crippen LogP contribution is 2.43. The Labute approximate surface area is 181 Å². The summed E-state index contributed by atoms with van der Waals surface area (Å²) in [5.74, 6) is 0.628. The molecular weight excluding hydrogens is 396 g/mol. The fourth-order valence-electron chi connectivity index (χ4n) is 2.96. The first kappa shape index (κ1) is 22.0. The zero-order valence-electron chi connectivity index (χ0n) is 17.7. The average Bonchev–Trinajstić information content (AvgIpc) is 2.77. The van der Waals surface area contributed by atoms with Gasteiger partial charge in [0.1, 0.15) is 11.4 Å². The van der Waals surface area contributed by atoms with Crippen LogP contribution >= 0.6 is 0 Å². The molecule has 0 atom stereocenters. The van der Waals surface area contributed by atoms with Crippen LogP contribution in [0.15, 0.2) is 54.6 Å². The highest BCUT2D eigenvalue weighted by Gasteiger charge is 2.15. The summed E-state index contributed by atoms with van der Waals surface area (Å²) < 4.78 is 11.1. The van der Waals surface area contributed by atoms with Crippen molar-refractivity contribution in [1.82, 2.24) is 0 Å². The second-order valence-electron chi connectivity index (χ2n) is 6.95. The van der Waals surface area contributed by atoms with Crippen molar-refractivity contribution in [1.29, 1.82) is 0 Å². The molecule has 164 valence electrons. The quantitative estimate of drug-likeness (QED) is 0.259. The summed E-state index contributed by atoms with van der Waals surface area (Å²) in [6.45, 7) is 4.94. The Morgan fingerprint density at radius 3 is 1.68 bits per heavy atom. The summed E-state index contributed by atoms with van der Waals surface area (Å²) in [7, 11) is 0. The molecule has 0 fully saturated rings. The number of phenolic OH excluding ortho intramolecular Hbond substituents is 3.